The van der Waals surface area contributed by atoms with Crippen molar-refractivity contribution in [2.45, 2.75) is 38.3 Å². The third-order valence-electron chi connectivity index (χ3n) is 4.16. The molecular weight excluding hydrogens is 407 g/mol. The van der Waals surface area contributed by atoms with Gasteiger partial charge in [0.15, 0.2) is 11.5 Å². The number of methoxy groups -OCH3 is 2. The molecule has 0 fully saturated rings. The van der Waals surface area contributed by atoms with E-state index >= 15 is 0 Å². The molecule has 1 N–H and O–H groups in total. The summed E-state index contributed by atoms with van der Waals surface area (Å²) < 4.78 is 50.7. The van der Waals surface area contributed by atoms with Gasteiger partial charge < -0.3 is 14.8 Å². The maximum absolute atomic E-state index is 13.6. The number of carbonyl (C=O) groups excluding carboxylic acids is 2. The predicted molar refractivity (Wildman–Crippen MR) is 98.1 cm³/mol. The predicted octanol–water partition coefficient (Wildman–Crippen LogP) is 2.54. The number of nitrogens with zero attached hydrogens (tertiary/aromatic N) is 4. The molecular formula is C18H22F3N5O4. The molecule has 1 amide bonds. The molecule has 30 heavy (non-hydrogen) atoms. The van der Waals surface area contributed by atoms with Gasteiger partial charge in [0.1, 0.15) is 0 Å². The van der Waals surface area contributed by atoms with Gasteiger partial charge in [0.2, 0.25) is 5.88 Å². The SMILES string of the molecule is COC(=O)CCCCCCNC(=O)c1cnn(-c2ccc(OC)nn2)c1C(F)(F)F. The first kappa shape index (κ1) is 23.1. The van der Waals surface area contributed by atoms with Gasteiger partial charge in [-0.1, -0.05) is 12.8 Å². The van der Waals surface area contributed by atoms with Gasteiger partial charge in [-0.15, -0.1) is 10.2 Å². The number of hydrogen-bond acceptors (Lipinski definition) is 7. The molecule has 2 aromatic rings. The molecule has 2 heterocycles. The summed E-state index contributed by atoms with van der Waals surface area (Å²) in [5, 5.41) is 13.4. The van der Waals surface area contributed by atoms with E-state index in [0.29, 0.717) is 30.4 Å². The number of carbonyl (C=O) groups is 2. The lowest BCUT2D eigenvalue weighted by Gasteiger charge is -2.12. The van der Waals surface area contributed by atoms with Gasteiger partial charge in [-0.3, -0.25) is 9.59 Å². The van der Waals surface area contributed by atoms with E-state index in [9.17, 15) is 22.8 Å². The lowest BCUT2D eigenvalue weighted by Crippen LogP contribution is -2.27. The third kappa shape index (κ3) is 6.16. The number of alkyl halides is 3. The van der Waals surface area contributed by atoms with Gasteiger partial charge in [0.05, 0.1) is 26.0 Å². The first-order chi connectivity index (χ1) is 14.3. The average Bonchev–Trinajstić information content (AvgIpc) is 3.18. The quantitative estimate of drug-likeness (QED) is 0.457. The fourth-order valence-corrected chi connectivity index (χ4v) is 2.64. The normalized spacial score (nSPS) is 11.2. The number of halogens is 3. The van der Waals surface area contributed by atoms with Crippen LogP contribution >= 0.6 is 0 Å². The fraction of sp³-hybridized carbons (Fsp3) is 0.500. The van der Waals surface area contributed by atoms with Crippen LogP contribution in [-0.2, 0) is 15.7 Å². The van der Waals surface area contributed by atoms with Crippen molar-refractivity contribution in [1.82, 2.24) is 25.3 Å². The second-order valence-corrected chi connectivity index (χ2v) is 6.25. The summed E-state index contributed by atoms with van der Waals surface area (Å²) in [6, 6.07) is 2.59. The van der Waals surface area contributed by atoms with Crippen LogP contribution in [-0.4, -0.2) is 52.6 Å². The van der Waals surface area contributed by atoms with Crippen LogP contribution in [0.25, 0.3) is 5.82 Å². The Bertz CT molecular complexity index is 852. The third-order valence-corrected chi connectivity index (χ3v) is 4.16. The molecule has 0 aliphatic carbocycles. The summed E-state index contributed by atoms with van der Waals surface area (Å²) in [5.74, 6) is -1.25. The molecule has 0 unspecified atom stereocenters. The number of unbranched alkanes of at least 4 members (excludes halogenated alkanes) is 3. The van der Waals surface area contributed by atoms with Gasteiger partial charge in [-0.25, -0.2) is 4.68 Å². The minimum absolute atomic E-state index is 0.129. The number of rotatable bonds is 10. The summed E-state index contributed by atoms with van der Waals surface area (Å²) in [5.41, 5.74) is -1.84. The van der Waals surface area contributed by atoms with Crippen LogP contribution in [0, 0.1) is 0 Å². The van der Waals surface area contributed by atoms with Gasteiger partial charge >= 0.3 is 12.1 Å². The number of nitrogens with one attached hydrogen (secondary N) is 1. The summed E-state index contributed by atoms with van der Waals surface area (Å²) in [4.78, 5) is 23.3. The first-order valence-electron chi connectivity index (χ1n) is 9.16. The van der Waals surface area contributed by atoms with Crippen LogP contribution in [0.3, 0.4) is 0 Å². The number of aromatic nitrogens is 4. The standard InChI is InChI=1S/C18H22F3N5O4/c1-29-14-9-8-13(24-25-14)26-16(18(19,20)21)12(11-23-26)17(28)22-10-6-4-3-5-7-15(27)30-2/h8-9,11H,3-7,10H2,1-2H3,(H,22,28). The molecule has 0 saturated carbocycles. The number of esters is 1. The van der Waals surface area contributed by atoms with Crippen molar-refractivity contribution < 1.29 is 32.2 Å². The molecule has 9 nitrogen and oxygen atoms in total. The largest absolute Gasteiger partial charge is 0.480 e. The Morgan fingerprint density at radius 1 is 1.10 bits per heavy atom. The van der Waals surface area contributed by atoms with Crippen LogP contribution in [0.4, 0.5) is 13.2 Å². The Kier molecular flexibility index (Phi) is 8.13. The number of ether oxygens (including phenoxy) is 2. The minimum Gasteiger partial charge on any atom is -0.480 e. The van der Waals surface area contributed by atoms with Crippen LogP contribution in [0.15, 0.2) is 18.3 Å². The maximum Gasteiger partial charge on any atom is 0.434 e. The molecule has 0 atom stereocenters. The highest BCUT2D eigenvalue weighted by Crippen LogP contribution is 2.33. The van der Waals surface area contributed by atoms with Crippen LogP contribution in [0.1, 0.15) is 48.2 Å². The van der Waals surface area contributed by atoms with Crippen LogP contribution in [0.2, 0.25) is 0 Å². The van der Waals surface area contributed by atoms with Gasteiger partial charge in [-0.05, 0) is 18.9 Å². The number of amides is 1. The zero-order valence-electron chi connectivity index (χ0n) is 16.5. The van der Waals surface area contributed by atoms with Crippen molar-refractivity contribution in [2.75, 3.05) is 20.8 Å². The van der Waals surface area contributed by atoms with Crippen molar-refractivity contribution in [3.05, 3.63) is 29.6 Å². The van der Waals surface area contributed by atoms with Crippen molar-refractivity contribution in [2.24, 2.45) is 0 Å². The second kappa shape index (κ2) is 10.6. The van der Waals surface area contributed by atoms with Crippen molar-refractivity contribution in [3.8, 4) is 11.7 Å². The van der Waals surface area contributed by atoms with Crippen molar-refractivity contribution >= 4 is 11.9 Å². The van der Waals surface area contributed by atoms with Gasteiger partial charge in [-0.2, -0.15) is 18.3 Å². The summed E-state index contributed by atoms with van der Waals surface area (Å²) >= 11 is 0. The highest BCUT2D eigenvalue weighted by Gasteiger charge is 2.40. The van der Waals surface area contributed by atoms with E-state index in [1.54, 1.807) is 0 Å². The highest BCUT2D eigenvalue weighted by atomic mass is 19.4. The molecule has 2 aromatic heterocycles. The Balaban J connectivity index is 2.00. The molecule has 0 aromatic carbocycles. The van der Waals surface area contributed by atoms with E-state index in [2.05, 4.69) is 25.3 Å². The Hall–Kier alpha value is -3.18. The summed E-state index contributed by atoms with van der Waals surface area (Å²) in [7, 11) is 2.66. The van der Waals surface area contributed by atoms with Gasteiger partial charge in [0.25, 0.3) is 5.91 Å². The average molecular weight is 429 g/mol. The van der Waals surface area contributed by atoms with E-state index in [0.717, 1.165) is 12.6 Å². The van der Waals surface area contributed by atoms with E-state index in [-0.39, 0.29) is 24.2 Å². The second-order valence-electron chi connectivity index (χ2n) is 6.25. The lowest BCUT2D eigenvalue weighted by molar-refractivity contribution is -0.143. The summed E-state index contributed by atoms with van der Waals surface area (Å²) in [6.07, 6.45) is -1.01. The topological polar surface area (TPSA) is 108 Å². The monoisotopic (exact) mass is 429 g/mol. The fourth-order valence-electron chi connectivity index (χ4n) is 2.64. The van der Waals surface area contributed by atoms with E-state index < -0.39 is 23.3 Å². The molecule has 0 saturated heterocycles. The van der Waals surface area contributed by atoms with Gasteiger partial charge in [0, 0.05) is 19.0 Å². The van der Waals surface area contributed by atoms with E-state index in [4.69, 9.17) is 4.74 Å². The maximum atomic E-state index is 13.6. The zero-order valence-corrected chi connectivity index (χ0v) is 16.5. The lowest BCUT2D eigenvalue weighted by atomic mass is 10.1. The Labute approximate surface area is 170 Å². The Morgan fingerprint density at radius 2 is 1.83 bits per heavy atom. The van der Waals surface area contributed by atoms with E-state index in [1.165, 1.54) is 26.4 Å². The summed E-state index contributed by atoms with van der Waals surface area (Å²) in [6.45, 7) is 0.196. The van der Waals surface area contributed by atoms with Crippen LogP contribution < -0.4 is 10.1 Å². The smallest absolute Gasteiger partial charge is 0.434 e. The molecule has 2 rings (SSSR count). The molecule has 12 heteroatoms. The number of hydrogen-bond donors (Lipinski definition) is 1. The Morgan fingerprint density at radius 3 is 2.43 bits per heavy atom. The van der Waals surface area contributed by atoms with Crippen molar-refractivity contribution in [1.29, 1.82) is 0 Å². The molecule has 0 aliphatic rings. The first-order valence-corrected chi connectivity index (χ1v) is 9.16. The molecule has 0 spiro atoms. The van der Waals surface area contributed by atoms with E-state index in [1.807, 2.05) is 0 Å². The van der Waals surface area contributed by atoms with Crippen molar-refractivity contribution in [3.63, 3.8) is 0 Å². The zero-order chi connectivity index (χ0) is 22.1. The van der Waals surface area contributed by atoms with Crippen LogP contribution in [0.5, 0.6) is 5.88 Å². The molecule has 0 bridgehead atoms. The molecule has 164 valence electrons. The molecule has 0 aliphatic heterocycles. The minimum atomic E-state index is -4.83. The highest BCUT2D eigenvalue weighted by molar-refractivity contribution is 5.95. The molecule has 0 radical (unpaired) electrons.